The Hall–Kier alpha value is -0.860. The molecule has 2 heteroatoms. The molecule has 2 unspecified atom stereocenters. The SMILES string of the molecule is Cc1cc(C)c(C(O)C2CCOC2)cc1C. The predicted octanol–water partition coefficient (Wildman–Crippen LogP) is 2.68. The van der Waals surface area contributed by atoms with E-state index in [-0.39, 0.29) is 12.0 Å². The molecule has 0 spiro atoms. The Labute approximate surface area is 97.3 Å². The molecule has 2 rings (SSSR count). The van der Waals surface area contributed by atoms with Crippen molar-refractivity contribution >= 4 is 0 Å². The molecule has 1 aliphatic rings. The van der Waals surface area contributed by atoms with E-state index in [1.165, 1.54) is 16.7 Å². The molecule has 1 saturated heterocycles. The molecule has 0 amide bonds. The van der Waals surface area contributed by atoms with E-state index in [0.29, 0.717) is 6.61 Å². The lowest BCUT2D eigenvalue weighted by atomic mass is 9.90. The zero-order valence-electron chi connectivity index (χ0n) is 10.3. The number of benzene rings is 1. The van der Waals surface area contributed by atoms with E-state index < -0.39 is 0 Å². The van der Waals surface area contributed by atoms with Gasteiger partial charge in [0.15, 0.2) is 0 Å². The molecular formula is C14H20O2. The summed E-state index contributed by atoms with van der Waals surface area (Å²) < 4.78 is 5.33. The van der Waals surface area contributed by atoms with Crippen LogP contribution in [0.15, 0.2) is 12.1 Å². The van der Waals surface area contributed by atoms with Crippen molar-refractivity contribution in [2.24, 2.45) is 5.92 Å². The Morgan fingerprint density at radius 3 is 2.50 bits per heavy atom. The van der Waals surface area contributed by atoms with Crippen LogP contribution in [0.1, 0.15) is 34.8 Å². The number of aryl methyl sites for hydroxylation is 3. The Kier molecular flexibility index (Phi) is 3.31. The second-order valence-corrected chi connectivity index (χ2v) is 4.86. The second kappa shape index (κ2) is 4.56. The molecule has 0 radical (unpaired) electrons. The average molecular weight is 220 g/mol. The van der Waals surface area contributed by atoms with E-state index >= 15 is 0 Å². The van der Waals surface area contributed by atoms with Gasteiger partial charge in [0.1, 0.15) is 0 Å². The fourth-order valence-electron chi connectivity index (χ4n) is 2.36. The number of aliphatic hydroxyl groups is 1. The van der Waals surface area contributed by atoms with Gasteiger partial charge in [-0.25, -0.2) is 0 Å². The van der Waals surface area contributed by atoms with Crippen LogP contribution in [0.2, 0.25) is 0 Å². The van der Waals surface area contributed by atoms with Gasteiger partial charge in [0, 0.05) is 12.5 Å². The second-order valence-electron chi connectivity index (χ2n) is 4.86. The largest absolute Gasteiger partial charge is 0.388 e. The first-order valence-electron chi connectivity index (χ1n) is 5.93. The Balaban J connectivity index is 2.28. The molecule has 1 heterocycles. The Bertz CT molecular complexity index is 379. The van der Waals surface area contributed by atoms with Crippen LogP contribution in [0.3, 0.4) is 0 Å². The van der Waals surface area contributed by atoms with Gasteiger partial charge in [-0.1, -0.05) is 12.1 Å². The van der Waals surface area contributed by atoms with Crippen molar-refractivity contribution < 1.29 is 9.84 Å². The number of aliphatic hydroxyl groups excluding tert-OH is 1. The first-order valence-corrected chi connectivity index (χ1v) is 5.93. The van der Waals surface area contributed by atoms with Crippen LogP contribution < -0.4 is 0 Å². The van der Waals surface area contributed by atoms with E-state index in [9.17, 15) is 5.11 Å². The molecule has 2 nitrogen and oxygen atoms in total. The quantitative estimate of drug-likeness (QED) is 0.830. The van der Waals surface area contributed by atoms with Crippen LogP contribution in [0.5, 0.6) is 0 Å². The lowest BCUT2D eigenvalue weighted by Crippen LogP contribution is -2.14. The summed E-state index contributed by atoms with van der Waals surface area (Å²) in [5, 5.41) is 10.3. The molecule has 0 saturated carbocycles. The van der Waals surface area contributed by atoms with Crippen molar-refractivity contribution in [1.82, 2.24) is 0 Å². The molecule has 1 aliphatic heterocycles. The van der Waals surface area contributed by atoms with E-state index in [1.807, 2.05) is 0 Å². The standard InChI is InChI=1S/C14H20O2/c1-9-6-11(3)13(7-10(9)2)14(15)12-4-5-16-8-12/h6-7,12,14-15H,4-5,8H2,1-3H3. The van der Waals surface area contributed by atoms with E-state index in [4.69, 9.17) is 4.74 Å². The molecule has 1 aromatic carbocycles. The Morgan fingerprint density at radius 2 is 1.88 bits per heavy atom. The summed E-state index contributed by atoms with van der Waals surface area (Å²) in [7, 11) is 0. The maximum absolute atomic E-state index is 10.3. The molecular weight excluding hydrogens is 200 g/mol. The summed E-state index contributed by atoms with van der Waals surface area (Å²) >= 11 is 0. The molecule has 1 aromatic rings. The molecule has 2 atom stereocenters. The third kappa shape index (κ3) is 2.13. The zero-order chi connectivity index (χ0) is 11.7. The average Bonchev–Trinajstić information content (AvgIpc) is 2.75. The molecule has 0 aromatic heterocycles. The normalized spacial score (nSPS) is 22.4. The van der Waals surface area contributed by atoms with Gasteiger partial charge < -0.3 is 9.84 Å². The summed E-state index contributed by atoms with van der Waals surface area (Å²) in [6.07, 6.45) is 0.592. The van der Waals surface area contributed by atoms with Crippen LogP contribution >= 0.6 is 0 Å². The maximum Gasteiger partial charge on any atom is 0.0843 e. The van der Waals surface area contributed by atoms with Crippen molar-refractivity contribution in [2.45, 2.75) is 33.3 Å². The smallest absolute Gasteiger partial charge is 0.0843 e. The minimum atomic E-state index is -0.373. The fourth-order valence-corrected chi connectivity index (χ4v) is 2.36. The number of rotatable bonds is 2. The van der Waals surface area contributed by atoms with Crippen LogP contribution in [-0.2, 0) is 4.74 Å². The zero-order valence-corrected chi connectivity index (χ0v) is 10.3. The first kappa shape index (κ1) is 11.6. The summed E-state index contributed by atoms with van der Waals surface area (Å²) in [4.78, 5) is 0. The lowest BCUT2D eigenvalue weighted by molar-refractivity contribution is 0.0913. The lowest BCUT2D eigenvalue weighted by Gasteiger charge is -2.20. The highest BCUT2D eigenvalue weighted by atomic mass is 16.5. The van der Waals surface area contributed by atoms with Crippen LogP contribution in [-0.4, -0.2) is 18.3 Å². The molecule has 0 bridgehead atoms. The highest BCUT2D eigenvalue weighted by Crippen LogP contribution is 2.31. The highest BCUT2D eigenvalue weighted by molar-refractivity contribution is 5.37. The maximum atomic E-state index is 10.3. The highest BCUT2D eigenvalue weighted by Gasteiger charge is 2.26. The van der Waals surface area contributed by atoms with Crippen molar-refractivity contribution in [3.8, 4) is 0 Å². The monoisotopic (exact) mass is 220 g/mol. The topological polar surface area (TPSA) is 29.5 Å². The third-order valence-electron chi connectivity index (χ3n) is 3.61. The van der Waals surface area contributed by atoms with Crippen molar-refractivity contribution in [3.63, 3.8) is 0 Å². The molecule has 0 aliphatic carbocycles. The van der Waals surface area contributed by atoms with Crippen LogP contribution in [0, 0.1) is 26.7 Å². The van der Waals surface area contributed by atoms with Gasteiger partial charge in [-0.05, 0) is 49.4 Å². The van der Waals surface area contributed by atoms with Gasteiger partial charge in [-0.3, -0.25) is 0 Å². The minimum Gasteiger partial charge on any atom is -0.388 e. The first-order chi connectivity index (χ1) is 7.59. The van der Waals surface area contributed by atoms with E-state index in [1.54, 1.807) is 0 Å². The number of hydrogen-bond donors (Lipinski definition) is 1. The van der Waals surface area contributed by atoms with Crippen molar-refractivity contribution in [2.75, 3.05) is 13.2 Å². The minimum absolute atomic E-state index is 0.265. The van der Waals surface area contributed by atoms with Gasteiger partial charge in [0.05, 0.1) is 12.7 Å². The number of hydrogen-bond acceptors (Lipinski definition) is 2. The van der Waals surface area contributed by atoms with Gasteiger partial charge in [0.25, 0.3) is 0 Å². The fraction of sp³-hybridized carbons (Fsp3) is 0.571. The molecule has 1 fully saturated rings. The van der Waals surface area contributed by atoms with E-state index in [0.717, 1.165) is 18.6 Å². The van der Waals surface area contributed by atoms with Crippen molar-refractivity contribution in [1.29, 1.82) is 0 Å². The van der Waals surface area contributed by atoms with E-state index in [2.05, 4.69) is 32.9 Å². The van der Waals surface area contributed by atoms with Crippen LogP contribution in [0.4, 0.5) is 0 Å². The molecule has 16 heavy (non-hydrogen) atoms. The summed E-state index contributed by atoms with van der Waals surface area (Å²) in [6.45, 7) is 7.74. The molecule has 88 valence electrons. The van der Waals surface area contributed by atoms with Gasteiger partial charge >= 0.3 is 0 Å². The summed E-state index contributed by atoms with van der Waals surface area (Å²) in [5.41, 5.74) is 4.79. The molecule has 1 N–H and O–H groups in total. The summed E-state index contributed by atoms with van der Waals surface area (Å²) in [6, 6.07) is 4.28. The van der Waals surface area contributed by atoms with Gasteiger partial charge in [-0.15, -0.1) is 0 Å². The third-order valence-corrected chi connectivity index (χ3v) is 3.61. The Morgan fingerprint density at radius 1 is 1.19 bits per heavy atom. The van der Waals surface area contributed by atoms with Gasteiger partial charge in [-0.2, -0.15) is 0 Å². The summed E-state index contributed by atoms with van der Waals surface area (Å²) in [5.74, 6) is 0.265. The predicted molar refractivity (Wildman–Crippen MR) is 64.5 cm³/mol. The van der Waals surface area contributed by atoms with Crippen molar-refractivity contribution in [3.05, 3.63) is 34.4 Å². The number of ether oxygens (including phenoxy) is 1. The van der Waals surface area contributed by atoms with Gasteiger partial charge in [0.2, 0.25) is 0 Å². The van der Waals surface area contributed by atoms with Crippen LogP contribution in [0.25, 0.3) is 0 Å².